The van der Waals surface area contributed by atoms with Crippen LogP contribution in [0.1, 0.15) is 23.2 Å². The van der Waals surface area contributed by atoms with E-state index in [4.69, 9.17) is 9.47 Å². The number of nitrogens with one attached hydrogen (secondary N) is 2. The van der Waals surface area contributed by atoms with Gasteiger partial charge in [-0.25, -0.2) is 0 Å². The predicted molar refractivity (Wildman–Crippen MR) is 95.3 cm³/mol. The average Bonchev–Trinajstić information content (AvgIpc) is 3.26. The van der Waals surface area contributed by atoms with Gasteiger partial charge in [0.05, 0.1) is 7.11 Å². The van der Waals surface area contributed by atoms with Gasteiger partial charge >= 0.3 is 0 Å². The Morgan fingerprint density at radius 3 is 2.20 bits per heavy atom. The second-order valence-electron chi connectivity index (χ2n) is 6.72. The van der Waals surface area contributed by atoms with E-state index < -0.39 is 0 Å². The van der Waals surface area contributed by atoms with Crippen molar-refractivity contribution in [1.82, 2.24) is 10.6 Å². The van der Waals surface area contributed by atoms with E-state index in [0.29, 0.717) is 29.3 Å². The van der Waals surface area contributed by atoms with Crippen LogP contribution in [0.4, 0.5) is 0 Å². The quantitative estimate of drug-likeness (QED) is 0.880. The Kier molecular flexibility index (Phi) is 4.32. The summed E-state index contributed by atoms with van der Waals surface area (Å²) in [6.45, 7) is 1.02. The molecule has 5 nitrogen and oxygen atoms in total. The maximum Gasteiger partial charge on any atom is 0.251 e. The predicted octanol–water partition coefficient (Wildman–Crippen LogP) is 2.97. The molecular weight excluding hydrogens is 316 g/mol. The lowest BCUT2D eigenvalue weighted by atomic mass is 10.0. The summed E-state index contributed by atoms with van der Waals surface area (Å²) in [5, 5.41) is 6.64. The first-order valence-corrected chi connectivity index (χ1v) is 8.67. The van der Waals surface area contributed by atoms with Crippen LogP contribution in [0.2, 0.25) is 0 Å². The van der Waals surface area contributed by atoms with E-state index in [1.807, 2.05) is 36.4 Å². The molecule has 2 aromatic carbocycles. The molecule has 2 N–H and O–H groups in total. The summed E-state index contributed by atoms with van der Waals surface area (Å²) in [5.74, 6) is 2.79. The molecule has 0 aromatic heterocycles. The Balaban J connectivity index is 1.36. The molecule has 130 valence electrons. The third-order valence-electron chi connectivity index (χ3n) is 5.09. The van der Waals surface area contributed by atoms with Gasteiger partial charge in [-0.2, -0.15) is 0 Å². The summed E-state index contributed by atoms with van der Waals surface area (Å²) in [6.07, 6.45) is 2.22. The van der Waals surface area contributed by atoms with Gasteiger partial charge in [-0.05, 0) is 67.3 Å². The number of fused-ring (bicyclic) bond motifs is 2. The zero-order valence-corrected chi connectivity index (χ0v) is 14.2. The van der Waals surface area contributed by atoms with Crippen LogP contribution in [0.15, 0.2) is 48.5 Å². The number of benzene rings is 2. The molecule has 0 radical (unpaired) electrons. The van der Waals surface area contributed by atoms with Gasteiger partial charge in [0.1, 0.15) is 17.2 Å². The number of ether oxygens (including phenoxy) is 2. The summed E-state index contributed by atoms with van der Waals surface area (Å²) in [4.78, 5) is 12.4. The van der Waals surface area contributed by atoms with E-state index in [-0.39, 0.29) is 5.91 Å². The van der Waals surface area contributed by atoms with Gasteiger partial charge in [0.25, 0.3) is 5.91 Å². The monoisotopic (exact) mass is 338 g/mol. The smallest absolute Gasteiger partial charge is 0.251 e. The van der Waals surface area contributed by atoms with E-state index in [9.17, 15) is 4.79 Å². The van der Waals surface area contributed by atoms with Gasteiger partial charge in [-0.3, -0.25) is 4.79 Å². The fourth-order valence-electron chi connectivity index (χ4n) is 3.72. The Morgan fingerprint density at radius 1 is 1.00 bits per heavy atom. The number of methoxy groups -OCH3 is 1. The van der Waals surface area contributed by atoms with Crippen molar-refractivity contribution >= 4 is 5.91 Å². The van der Waals surface area contributed by atoms with E-state index in [1.54, 1.807) is 19.2 Å². The molecular formula is C20H22N2O3. The highest BCUT2D eigenvalue weighted by Gasteiger charge is 2.40. The molecule has 0 spiro atoms. The Bertz CT molecular complexity index is 743. The lowest BCUT2D eigenvalue weighted by Gasteiger charge is -2.23. The molecule has 4 rings (SSSR count). The maximum atomic E-state index is 12.4. The van der Waals surface area contributed by atoms with Gasteiger partial charge < -0.3 is 20.1 Å². The van der Waals surface area contributed by atoms with E-state index in [2.05, 4.69) is 10.6 Å². The van der Waals surface area contributed by atoms with Crippen LogP contribution in [-0.2, 0) is 0 Å². The van der Waals surface area contributed by atoms with Gasteiger partial charge in [0.2, 0.25) is 0 Å². The van der Waals surface area contributed by atoms with E-state index in [1.165, 1.54) is 6.42 Å². The normalized spacial score (nSPS) is 24.1. The highest BCUT2D eigenvalue weighted by molar-refractivity contribution is 5.94. The van der Waals surface area contributed by atoms with E-state index in [0.717, 1.165) is 24.5 Å². The minimum atomic E-state index is -0.00597. The van der Waals surface area contributed by atoms with Crippen molar-refractivity contribution in [2.75, 3.05) is 13.7 Å². The van der Waals surface area contributed by atoms with Crippen molar-refractivity contribution in [3.8, 4) is 17.2 Å². The molecule has 3 atom stereocenters. The second kappa shape index (κ2) is 6.76. The summed E-state index contributed by atoms with van der Waals surface area (Å²) in [6, 6.07) is 15.5. The zero-order valence-electron chi connectivity index (χ0n) is 14.2. The molecule has 1 aliphatic carbocycles. The van der Waals surface area contributed by atoms with Crippen molar-refractivity contribution in [3.05, 3.63) is 54.1 Å². The number of hydrogen-bond donors (Lipinski definition) is 2. The molecule has 3 unspecified atom stereocenters. The number of amides is 1. The van der Waals surface area contributed by atoms with Crippen LogP contribution in [0, 0.1) is 5.92 Å². The Hall–Kier alpha value is -2.53. The summed E-state index contributed by atoms with van der Waals surface area (Å²) in [7, 11) is 1.63. The van der Waals surface area contributed by atoms with Crippen LogP contribution in [-0.4, -0.2) is 31.6 Å². The molecule has 5 heteroatoms. The minimum Gasteiger partial charge on any atom is -0.497 e. The van der Waals surface area contributed by atoms with Gasteiger partial charge in [0.15, 0.2) is 0 Å². The van der Waals surface area contributed by atoms with Crippen LogP contribution in [0.3, 0.4) is 0 Å². The number of rotatable bonds is 5. The van der Waals surface area contributed by atoms with Crippen LogP contribution < -0.4 is 20.1 Å². The molecule has 1 aliphatic heterocycles. The topological polar surface area (TPSA) is 59.6 Å². The SMILES string of the molecule is COc1ccc(Oc2ccc(C(=O)NC3CC4CC3CN4)cc2)cc1. The molecule has 1 amide bonds. The molecule has 25 heavy (non-hydrogen) atoms. The maximum absolute atomic E-state index is 12.4. The first-order valence-electron chi connectivity index (χ1n) is 8.67. The highest BCUT2D eigenvalue weighted by Crippen LogP contribution is 2.31. The third-order valence-corrected chi connectivity index (χ3v) is 5.09. The molecule has 1 saturated carbocycles. The van der Waals surface area contributed by atoms with Crippen molar-refractivity contribution in [1.29, 1.82) is 0 Å². The second-order valence-corrected chi connectivity index (χ2v) is 6.72. The number of piperidine rings is 1. The molecule has 2 aliphatic rings. The fraction of sp³-hybridized carbons (Fsp3) is 0.350. The fourth-order valence-corrected chi connectivity index (χ4v) is 3.72. The number of carbonyl (C=O) groups excluding carboxylic acids is 1. The summed E-state index contributed by atoms with van der Waals surface area (Å²) in [5.41, 5.74) is 0.665. The third kappa shape index (κ3) is 3.46. The van der Waals surface area contributed by atoms with Crippen LogP contribution in [0.5, 0.6) is 17.2 Å². The number of carbonyl (C=O) groups is 1. The van der Waals surface area contributed by atoms with Crippen molar-refractivity contribution in [2.24, 2.45) is 5.92 Å². The molecule has 1 heterocycles. The first-order chi connectivity index (χ1) is 12.2. The number of hydrogen-bond acceptors (Lipinski definition) is 4. The van der Waals surface area contributed by atoms with Crippen molar-refractivity contribution in [2.45, 2.75) is 24.9 Å². The lowest BCUT2D eigenvalue weighted by molar-refractivity contribution is 0.0925. The van der Waals surface area contributed by atoms with Crippen molar-refractivity contribution < 1.29 is 14.3 Å². The Labute approximate surface area is 147 Å². The summed E-state index contributed by atoms with van der Waals surface area (Å²) >= 11 is 0. The molecule has 2 bridgehead atoms. The van der Waals surface area contributed by atoms with E-state index >= 15 is 0 Å². The van der Waals surface area contributed by atoms with Gasteiger partial charge in [-0.15, -0.1) is 0 Å². The molecule has 1 saturated heterocycles. The van der Waals surface area contributed by atoms with Crippen LogP contribution >= 0.6 is 0 Å². The largest absolute Gasteiger partial charge is 0.497 e. The Morgan fingerprint density at radius 2 is 1.64 bits per heavy atom. The highest BCUT2D eigenvalue weighted by atomic mass is 16.5. The van der Waals surface area contributed by atoms with Gasteiger partial charge in [-0.1, -0.05) is 0 Å². The molecule has 2 fully saturated rings. The average molecular weight is 338 g/mol. The minimum absolute atomic E-state index is 0.00597. The standard InChI is InChI=1S/C20H22N2O3/c1-24-16-6-8-18(9-7-16)25-17-4-2-13(3-5-17)20(23)22-19-11-15-10-14(19)12-21-15/h2-9,14-15,19,21H,10-12H2,1H3,(H,22,23). The first kappa shape index (κ1) is 16.0. The van der Waals surface area contributed by atoms with Crippen LogP contribution in [0.25, 0.3) is 0 Å². The van der Waals surface area contributed by atoms with Crippen molar-refractivity contribution in [3.63, 3.8) is 0 Å². The van der Waals surface area contributed by atoms with Gasteiger partial charge in [0, 0.05) is 24.2 Å². The lowest BCUT2D eigenvalue weighted by Crippen LogP contribution is -2.44. The summed E-state index contributed by atoms with van der Waals surface area (Å²) < 4.78 is 10.9. The molecule has 2 aromatic rings. The zero-order chi connectivity index (χ0) is 17.2.